The highest BCUT2D eigenvalue weighted by Gasteiger charge is 2.14. The number of para-hydroxylation sites is 2. The van der Waals surface area contributed by atoms with Crippen LogP contribution in [-0.4, -0.2) is 50.7 Å². The molecule has 2 aromatic rings. The summed E-state index contributed by atoms with van der Waals surface area (Å²) in [4.78, 5) is 35.6. The fourth-order valence-corrected chi connectivity index (χ4v) is 2.31. The van der Waals surface area contributed by atoms with E-state index < -0.39 is 24.4 Å². The SMILES string of the molecule is CCOc1ccccc1C(=O)NCC(=O)OCC(=O)NCCOc1ccccc1. The van der Waals surface area contributed by atoms with Gasteiger partial charge in [0.15, 0.2) is 6.61 Å². The summed E-state index contributed by atoms with van der Waals surface area (Å²) in [5.41, 5.74) is 0.318. The van der Waals surface area contributed by atoms with Crippen LogP contribution in [0.25, 0.3) is 0 Å². The van der Waals surface area contributed by atoms with E-state index in [4.69, 9.17) is 14.2 Å². The highest BCUT2D eigenvalue weighted by Crippen LogP contribution is 2.17. The maximum absolute atomic E-state index is 12.2. The fraction of sp³-hybridized carbons (Fsp3) is 0.286. The minimum atomic E-state index is -0.720. The summed E-state index contributed by atoms with van der Waals surface area (Å²) in [5, 5.41) is 5.02. The smallest absolute Gasteiger partial charge is 0.325 e. The van der Waals surface area contributed by atoms with Gasteiger partial charge in [0.1, 0.15) is 24.7 Å². The number of hydrogen-bond donors (Lipinski definition) is 2. The summed E-state index contributed by atoms with van der Waals surface area (Å²) in [7, 11) is 0. The van der Waals surface area contributed by atoms with E-state index in [1.807, 2.05) is 37.3 Å². The van der Waals surface area contributed by atoms with Crippen molar-refractivity contribution >= 4 is 17.8 Å². The molecule has 2 N–H and O–H groups in total. The van der Waals surface area contributed by atoms with Crippen molar-refractivity contribution in [2.24, 2.45) is 0 Å². The van der Waals surface area contributed by atoms with Crippen molar-refractivity contribution in [3.8, 4) is 11.5 Å². The molecule has 0 saturated heterocycles. The molecule has 0 heterocycles. The van der Waals surface area contributed by atoms with Crippen molar-refractivity contribution in [1.29, 1.82) is 0 Å². The van der Waals surface area contributed by atoms with E-state index in [0.29, 0.717) is 30.3 Å². The number of benzene rings is 2. The molecule has 0 aliphatic rings. The lowest BCUT2D eigenvalue weighted by Crippen LogP contribution is -2.35. The minimum Gasteiger partial charge on any atom is -0.493 e. The van der Waals surface area contributed by atoms with Gasteiger partial charge in [0.2, 0.25) is 0 Å². The van der Waals surface area contributed by atoms with Gasteiger partial charge in [-0.05, 0) is 31.2 Å². The first-order chi connectivity index (χ1) is 14.1. The predicted octanol–water partition coefficient (Wildman–Crippen LogP) is 1.55. The third kappa shape index (κ3) is 7.92. The molecule has 0 aromatic heterocycles. The van der Waals surface area contributed by atoms with E-state index in [1.54, 1.807) is 24.3 Å². The Morgan fingerprint density at radius 3 is 2.38 bits per heavy atom. The molecule has 0 aliphatic heterocycles. The average molecular weight is 400 g/mol. The number of amides is 2. The Morgan fingerprint density at radius 2 is 1.62 bits per heavy atom. The molecule has 0 radical (unpaired) electrons. The van der Waals surface area contributed by atoms with Gasteiger partial charge in [0.05, 0.1) is 18.7 Å². The minimum absolute atomic E-state index is 0.274. The van der Waals surface area contributed by atoms with Gasteiger partial charge >= 0.3 is 5.97 Å². The van der Waals surface area contributed by atoms with Crippen LogP contribution in [0.5, 0.6) is 11.5 Å². The van der Waals surface area contributed by atoms with E-state index in [9.17, 15) is 14.4 Å². The number of ether oxygens (including phenoxy) is 3. The van der Waals surface area contributed by atoms with Gasteiger partial charge in [0, 0.05) is 0 Å². The van der Waals surface area contributed by atoms with Crippen molar-refractivity contribution < 1.29 is 28.6 Å². The first-order valence-corrected chi connectivity index (χ1v) is 9.20. The number of carbonyl (C=O) groups is 3. The topological polar surface area (TPSA) is 103 Å². The van der Waals surface area contributed by atoms with Crippen molar-refractivity contribution in [2.45, 2.75) is 6.92 Å². The van der Waals surface area contributed by atoms with E-state index >= 15 is 0 Å². The summed E-state index contributed by atoms with van der Waals surface area (Å²) in [6.07, 6.45) is 0. The molecule has 2 rings (SSSR count). The molecule has 0 unspecified atom stereocenters. The van der Waals surface area contributed by atoms with Gasteiger partial charge in [-0.15, -0.1) is 0 Å². The zero-order valence-corrected chi connectivity index (χ0v) is 16.2. The lowest BCUT2D eigenvalue weighted by Gasteiger charge is -2.10. The summed E-state index contributed by atoms with van der Waals surface area (Å²) >= 11 is 0. The average Bonchev–Trinajstić information content (AvgIpc) is 2.75. The van der Waals surface area contributed by atoms with Crippen LogP contribution < -0.4 is 20.1 Å². The number of nitrogens with one attached hydrogen (secondary N) is 2. The van der Waals surface area contributed by atoms with Crippen LogP contribution in [0, 0.1) is 0 Å². The van der Waals surface area contributed by atoms with E-state index in [1.165, 1.54) is 0 Å². The third-order valence-electron chi connectivity index (χ3n) is 3.63. The van der Waals surface area contributed by atoms with Gasteiger partial charge in [-0.2, -0.15) is 0 Å². The molecule has 0 aliphatic carbocycles. The second kappa shape index (κ2) is 12.0. The summed E-state index contributed by atoms with van der Waals surface area (Å²) in [6.45, 7) is 2.00. The molecular weight excluding hydrogens is 376 g/mol. The molecule has 0 atom stereocenters. The van der Waals surface area contributed by atoms with Crippen LogP contribution in [0.15, 0.2) is 54.6 Å². The molecular formula is C21H24N2O6. The zero-order chi connectivity index (χ0) is 20.9. The van der Waals surface area contributed by atoms with Gasteiger partial charge in [0.25, 0.3) is 11.8 Å². The molecule has 2 amide bonds. The van der Waals surface area contributed by atoms with Crippen molar-refractivity contribution in [3.63, 3.8) is 0 Å². The number of hydrogen-bond acceptors (Lipinski definition) is 6. The van der Waals surface area contributed by atoms with Gasteiger partial charge in [-0.1, -0.05) is 30.3 Å². The maximum Gasteiger partial charge on any atom is 0.325 e. The van der Waals surface area contributed by atoms with Gasteiger partial charge in [-0.25, -0.2) is 0 Å². The lowest BCUT2D eigenvalue weighted by molar-refractivity contribution is -0.147. The Bertz CT molecular complexity index is 810. The van der Waals surface area contributed by atoms with Crippen LogP contribution in [-0.2, 0) is 14.3 Å². The Kier molecular flexibility index (Phi) is 9.01. The number of carbonyl (C=O) groups excluding carboxylic acids is 3. The van der Waals surface area contributed by atoms with Crippen LogP contribution in [0.3, 0.4) is 0 Å². The van der Waals surface area contributed by atoms with E-state index in [0.717, 1.165) is 0 Å². The maximum atomic E-state index is 12.2. The van der Waals surface area contributed by atoms with Crippen LogP contribution in [0.4, 0.5) is 0 Å². The quantitative estimate of drug-likeness (QED) is 0.438. The molecule has 8 heteroatoms. The summed E-state index contributed by atoms with van der Waals surface area (Å²) < 4.78 is 15.7. The van der Waals surface area contributed by atoms with Crippen LogP contribution >= 0.6 is 0 Å². The van der Waals surface area contributed by atoms with Gasteiger partial charge in [-0.3, -0.25) is 14.4 Å². The van der Waals surface area contributed by atoms with Crippen molar-refractivity contribution in [3.05, 3.63) is 60.2 Å². The van der Waals surface area contributed by atoms with E-state index in [2.05, 4.69) is 10.6 Å². The molecule has 0 bridgehead atoms. The Hall–Kier alpha value is -3.55. The molecule has 0 fully saturated rings. The fourth-order valence-electron chi connectivity index (χ4n) is 2.31. The third-order valence-corrected chi connectivity index (χ3v) is 3.63. The summed E-state index contributed by atoms with van der Waals surface area (Å²) in [5.74, 6) is -0.507. The lowest BCUT2D eigenvalue weighted by atomic mass is 10.2. The Morgan fingerprint density at radius 1 is 0.897 bits per heavy atom. The van der Waals surface area contributed by atoms with Crippen LogP contribution in [0.1, 0.15) is 17.3 Å². The van der Waals surface area contributed by atoms with Crippen molar-refractivity contribution in [1.82, 2.24) is 10.6 Å². The zero-order valence-electron chi connectivity index (χ0n) is 16.2. The predicted molar refractivity (Wildman–Crippen MR) is 106 cm³/mol. The molecule has 8 nitrogen and oxygen atoms in total. The second-order valence-electron chi connectivity index (χ2n) is 5.78. The first-order valence-electron chi connectivity index (χ1n) is 9.20. The molecule has 0 spiro atoms. The highest BCUT2D eigenvalue weighted by molar-refractivity contribution is 5.98. The standard InChI is InChI=1S/C21H24N2O6/c1-2-27-18-11-7-6-10-17(18)21(26)23-14-20(25)29-15-19(24)22-12-13-28-16-8-4-3-5-9-16/h3-11H,2,12-15H2,1H3,(H,22,24)(H,23,26). The molecule has 2 aromatic carbocycles. The first kappa shape index (κ1) is 21.7. The number of rotatable bonds is 11. The molecule has 154 valence electrons. The van der Waals surface area contributed by atoms with Crippen molar-refractivity contribution in [2.75, 3.05) is 32.9 Å². The van der Waals surface area contributed by atoms with Gasteiger partial charge < -0.3 is 24.8 Å². The van der Waals surface area contributed by atoms with Crippen LogP contribution in [0.2, 0.25) is 0 Å². The molecule has 0 saturated carbocycles. The monoisotopic (exact) mass is 400 g/mol. The Labute approximate surface area is 169 Å². The van der Waals surface area contributed by atoms with E-state index in [-0.39, 0.29) is 13.1 Å². The Balaban J connectivity index is 1.62. The largest absolute Gasteiger partial charge is 0.493 e. The molecule has 29 heavy (non-hydrogen) atoms. The second-order valence-corrected chi connectivity index (χ2v) is 5.78. The number of esters is 1. The normalized spacial score (nSPS) is 9.97. The highest BCUT2D eigenvalue weighted by atomic mass is 16.5. The summed E-state index contributed by atoms with van der Waals surface area (Å²) in [6, 6.07) is 15.9.